The Kier molecular flexibility index (Phi) is 4.79. The molecule has 1 aliphatic rings. The van der Waals surface area contributed by atoms with Crippen molar-refractivity contribution in [3.05, 3.63) is 33.4 Å². The van der Waals surface area contributed by atoms with Gasteiger partial charge in [-0.25, -0.2) is 4.79 Å². The summed E-state index contributed by atoms with van der Waals surface area (Å²) in [6.45, 7) is 0. The number of benzene rings is 1. The number of hydrogen-bond acceptors (Lipinski definition) is 2. The molecule has 0 aliphatic heterocycles. The molecule has 2 rings (SSSR count). The van der Waals surface area contributed by atoms with Crippen LogP contribution in [0.5, 0.6) is 0 Å². The lowest BCUT2D eigenvalue weighted by Gasteiger charge is -2.14. The molecule has 1 aliphatic carbocycles. The summed E-state index contributed by atoms with van der Waals surface area (Å²) in [6, 6.07) is 6.90. The molecule has 1 aromatic rings. The molecule has 0 saturated heterocycles. The number of carbonyl (C=O) groups is 2. The monoisotopic (exact) mass is 373 g/mol. The van der Waals surface area contributed by atoms with Gasteiger partial charge in [-0.05, 0) is 52.6 Å². The lowest BCUT2D eigenvalue weighted by Crippen LogP contribution is -2.41. The minimum absolute atomic E-state index is 0.227. The molecular weight excluding hydrogens is 357 g/mol. The van der Waals surface area contributed by atoms with Gasteiger partial charge in [0.25, 0.3) is 0 Å². The maximum absolute atomic E-state index is 11.9. The molecular formula is C14H16INO3. The van der Waals surface area contributed by atoms with E-state index in [4.69, 9.17) is 5.11 Å². The van der Waals surface area contributed by atoms with Crippen LogP contribution in [0, 0.1) is 9.49 Å². The molecule has 102 valence electrons. The molecule has 4 nitrogen and oxygen atoms in total. The Hall–Kier alpha value is -1.11. The Labute approximate surface area is 125 Å². The second-order valence-electron chi connectivity index (χ2n) is 4.94. The highest BCUT2D eigenvalue weighted by Crippen LogP contribution is 2.33. The zero-order chi connectivity index (χ0) is 13.8. The lowest BCUT2D eigenvalue weighted by molar-refractivity contribution is -0.142. The number of carbonyl (C=O) groups excluding carboxylic acids is 1. The molecule has 2 N–H and O–H groups in total. The van der Waals surface area contributed by atoms with E-state index in [1.807, 2.05) is 24.3 Å². The molecule has 0 heterocycles. The van der Waals surface area contributed by atoms with E-state index in [0.29, 0.717) is 12.3 Å². The molecule has 0 bridgehead atoms. The summed E-state index contributed by atoms with van der Waals surface area (Å²) in [5.41, 5.74) is 0.903. The largest absolute Gasteiger partial charge is 0.480 e. The molecule has 1 saturated carbocycles. The standard InChI is InChI=1S/C14H16INO3/c15-11-3-1-2-10(6-11)8-13(17)16-12(14(18)19)7-9-4-5-9/h1-3,6,9,12H,4-5,7-8H2,(H,16,17)(H,18,19). The van der Waals surface area contributed by atoms with Crippen molar-refractivity contribution in [3.8, 4) is 0 Å². The Morgan fingerprint density at radius 2 is 2.16 bits per heavy atom. The van der Waals surface area contributed by atoms with Crippen LogP contribution in [-0.4, -0.2) is 23.0 Å². The third-order valence-corrected chi connectivity index (χ3v) is 3.82. The van der Waals surface area contributed by atoms with Gasteiger partial charge in [-0.15, -0.1) is 0 Å². The van der Waals surface area contributed by atoms with Gasteiger partial charge < -0.3 is 10.4 Å². The number of carboxylic acids is 1. The maximum Gasteiger partial charge on any atom is 0.326 e. The normalized spacial score (nSPS) is 15.8. The van der Waals surface area contributed by atoms with Crippen LogP contribution >= 0.6 is 22.6 Å². The number of carboxylic acid groups (broad SMARTS) is 1. The quantitative estimate of drug-likeness (QED) is 0.752. The van der Waals surface area contributed by atoms with E-state index < -0.39 is 12.0 Å². The molecule has 5 heteroatoms. The first-order valence-corrected chi connectivity index (χ1v) is 7.39. The van der Waals surface area contributed by atoms with E-state index >= 15 is 0 Å². The lowest BCUT2D eigenvalue weighted by atomic mass is 10.1. The van der Waals surface area contributed by atoms with Crippen LogP contribution in [0.4, 0.5) is 0 Å². The third-order valence-electron chi connectivity index (χ3n) is 3.15. The summed E-state index contributed by atoms with van der Waals surface area (Å²) in [5.74, 6) is -0.697. The first-order chi connectivity index (χ1) is 9.04. The van der Waals surface area contributed by atoms with Crippen molar-refractivity contribution >= 4 is 34.5 Å². The number of aliphatic carboxylic acids is 1. The minimum atomic E-state index is -0.942. The van der Waals surface area contributed by atoms with Crippen molar-refractivity contribution in [2.45, 2.75) is 31.7 Å². The van der Waals surface area contributed by atoms with E-state index in [9.17, 15) is 9.59 Å². The van der Waals surface area contributed by atoms with E-state index in [2.05, 4.69) is 27.9 Å². The van der Waals surface area contributed by atoms with E-state index in [1.54, 1.807) is 0 Å². The van der Waals surface area contributed by atoms with Crippen molar-refractivity contribution in [2.24, 2.45) is 5.92 Å². The van der Waals surface area contributed by atoms with Gasteiger partial charge in [-0.1, -0.05) is 25.0 Å². The average Bonchev–Trinajstić information content (AvgIpc) is 3.11. The third kappa shape index (κ3) is 4.81. The predicted octanol–water partition coefficient (Wildman–Crippen LogP) is 2.20. The number of hydrogen-bond donors (Lipinski definition) is 2. The molecule has 0 aromatic heterocycles. The van der Waals surface area contributed by atoms with E-state index in [-0.39, 0.29) is 12.3 Å². The van der Waals surface area contributed by atoms with Crippen LogP contribution in [0.2, 0.25) is 0 Å². The molecule has 0 spiro atoms. The fraction of sp³-hybridized carbons (Fsp3) is 0.429. The second-order valence-corrected chi connectivity index (χ2v) is 6.19. The highest BCUT2D eigenvalue weighted by molar-refractivity contribution is 14.1. The van der Waals surface area contributed by atoms with Crippen molar-refractivity contribution in [1.82, 2.24) is 5.32 Å². The number of rotatable bonds is 6. The Bertz CT molecular complexity index is 485. The summed E-state index contributed by atoms with van der Waals surface area (Å²) in [5, 5.41) is 11.7. The van der Waals surface area contributed by atoms with Crippen LogP contribution in [0.15, 0.2) is 24.3 Å². The smallest absolute Gasteiger partial charge is 0.326 e. The Balaban J connectivity index is 1.89. The van der Waals surface area contributed by atoms with Crippen LogP contribution in [-0.2, 0) is 16.0 Å². The van der Waals surface area contributed by atoms with Gasteiger partial charge in [0.2, 0.25) is 5.91 Å². The summed E-state index contributed by atoms with van der Waals surface area (Å²) < 4.78 is 1.07. The molecule has 1 amide bonds. The van der Waals surface area contributed by atoms with Gasteiger partial charge in [-0.3, -0.25) is 4.79 Å². The average molecular weight is 373 g/mol. The molecule has 0 radical (unpaired) electrons. The fourth-order valence-electron chi connectivity index (χ4n) is 1.99. The molecule has 1 unspecified atom stereocenters. The summed E-state index contributed by atoms with van der Waals surface area (Å²) in [6.07, 6.45) is 2.94. The van der Waals surface area contributed by atoms with Crippen molar-refractivity contribution in [3.63, 3.8) is 0 Å². The highest BCUT2D eigenvalue weighted by atomic mass is 127. The number of amides is 1. The van der Waals surface area contributed by atoms with Crippen LogP contribution in [0.1, 0.15) is 24.8 Å². The summed E-state index contributed by atoms with van der Waals surface area (Å²) in [4.78, 5) is 23.0. The molecule has 1 atom stereocenters. The highest BCUT2D eigenvalue weighted by Gasteiger charge is 2.30. The van der Waals surface area contributed by atoms with E-state index in [0.717, 1.165) is 22.0 Å². The zero-order valence-corrected chi connectivity index (χ0v) is 12.6. The number of nitrogens with one attached hydrogen (secondary N) is 1. The first kappa shape index (κ1) is 14.3. The van der Waals surface area contributed by atoms with Gasteiger partial charge in [0, 0.05) is 3.57 Å². The summed E-state index contributed by atoms with van der Waals surface area (Å²) >= 11 is 2.19. The predicted molar refractivity (Wildman–Crippen MR) is 79.8 cm³/mol. The van der Waals surface area contributed by atoms with Gasteiger partial charge in [0.05, 0.1) is 6.42 Å². The van der Waals surface area contributed by atoms with Crippen molar-refractivity contribution in [2.75, 3.05) is 0 Å². The first-order valence-electron chi connectivity index (χ1n) is 6.31. The summed E-state index contributed by atoms with van der Waals surface area (Å²) in [7, 11) is 0. The Morgan fingerprint density at radius 3 is 2.74 bits per heavy atom. The maximum atomic E-state index is 11.9. The van der Waals surface area contributed by atoms with Gasteiger partial charge in [0.15, 0.2) is 0 Å². The minimum Gasteiger partial charge on any atom is -0.480 e. The van der Waals surface area contributed by atoms with Gasteiger partial charge in [0.1, 0.15) is 6.04 Å². The van der Waals surface area contributed by atoms with E-state index in [1.165, 1.54) is 0 Å². The van der Waals surface area contributed by atoms with Crippen molar-refractivity contribution < 1.29 is 14.7 Å². The van der Waals surface area contributed by atoms with Crippen LogP contribution in [0.3, 0.4) is 0 Å². The Morgan fingerprint density at radius 1 is 1.42 bits per heavy atom. The SMILES string of the molecule is O=C(Cc1cccc(I)c1)NC(CC1CC1)C(=O)O. The number of halogens is 1. The van der Waals surface area contributed by atoms with Gasteiger partial charge >= 0.3 is 5.97 Å². The molecule has 1 fully saturated rings. The zero-order valence-electron chi connectivity index (χ0n) is 10.4. The van der Waals surface area contributed by atoms with Gasteiger partial charge in [-0.2, -0.15) is 0 Å². The molecule has 1 aromatic carbocycles. The second kappa shape index (κ2) is 6.36. The topological polar surface area (TPSA) is 66.4 Å². The van der Waals surface area contributed by atoms with Crippen LogP contribution in [0.25, 0.3) is 0 Å². The van der Waals surface area contributed by atoms with Crippen molar-refractivity contribution in [1.29, 1.82) is 0 Å². The van der Waals surface area contributed by atoms with Crippen LogP contribution < -0.4 is 5.32 Å². The molecule has 19 heavy (non-hydrogen) atoms. The fourth-order valence-corrected chi connectivity index (χ4v) is 2.59.